The lowest BCUT2D eigenvalue weighted by Crippen LogP contribution is -2.44. The van der Waals surface area contributed by atoms with Crippen molar-refractivity contribution in [2.24, 2.45) is 0 Å². The molecule has 2 heterocycles. The minimum atomic E-state index is -0.897. The molecule has 0 aromatic heterocycles. The van der Waals surface area contributed by atoms with Crippen LogP contribution in [0.5, 0.6) is 11.5 Å². The lowest BCUT2D eigenvalue weighted by Gasteiger charge is -2.42. The third-order valence-electron chi connectivity index (χ3n) is 4.84. The summed E-state index contributed by atoms with van der Waals surface area (Å²) >= 11 is 0. The molecule has 0 aliphatic carbocycles. The molecule has 1 atom stereocenters. The van der Waals surface area contributed by atoms with E-state index >= 15 is 0 Å². The van der Waals surface area contributed by atoms with Crippen molar-refractivity contribution in [3.8, 4) is 22.6 Å². The van der Waals surface area contributed by atoms with E-state index < -0.39 is 5.79 Å². The fraction of sp³-hybridized carbons (Fsp3) is 0.143. The number of rotatable bonds is 0. The molecule has 0 radical (unpaired) electrons. The van der Waals surface area contributed by atoms with Gasteiger partial charge >= 0.3 is 0 Å². The van der Waals surface area contributed by atoms with Crippen LogP contribution in [0.15, 0.2) is 66.7 Å². The van der Waals surface area contributed by atoms with Crippen molar-refractivity contribution in [3.05, 3.63) is 83.7 Å². The van der Waals surface area contributed by atoms with Crippen LogP contribution >= 0.6 is 0 Å². The Morgan fingerprint density at radius 3 is 2.38 bits per heavy atom. The Kier molecular flexibility index (Phi) is 2.75. The standard InChI is InChI=1S/C21H15FO2/c22-18-9-5-11-20-16(18)12-13-21(24-20)17-8-3-1-6-14(17)15-7-2-4-10-19(15)23-21/h1-11H,12-13H2. The van der Waals surface area contributed by atoms with Crippen molar-refractivity contribution in [1.29, 1.82) is 0 Å². The van der Waals surface area contributed by atoms with Crippen molar-refractivity contribution in [1.82, 2.24) is 0 Å². The molecular formula is C21H15FO2. The van der Waals surface area contributed by atoms with Gasteiger partial charge in [-0.25, -0.2) is 4.39 Å². The Balaban J connectivity index is 1.71. The van der Waals surface area contributed by atoms with Crippen LogP contribution < -0.4 is 9.47 Å². The zero-order valence-electron chi connectivity index (χ0n) is 13.0. The van der Waals surface area contributed by atoms with E-state index in [1.807, 2.05) is 42.5 Å². The molecule has 3 heteroatoms. The third-order valence-corrected chi connectivity index (χ3v) is 4.84. The zero-order chi connectivity index (χ0) is 16.1. The van der Waals surface area contributed by atoms with Gasteiger partial charge in [0.2, 0.25) is 0 Å². The van der Waals surface area contributed by atoms with E-state index in [4.69, 9.17) is 9.47 Å². The van der Waals surface area contributed by atoms with Crippen LogP contribution in [-0.2, 0) is 12.2 Å². The molecular weight excluding hydrogens is 303 g/mol. The van der Waals surface area contributed by atoms with E-state index in [2.05, 4.69) is 12.1 Å². The first-order valence-electron chi connectivity index (χ1n) is 8.11. The van der Waals surface area contributed by atoms with Gasteiger partial charge in [-0.15, -0.1) is 0 Å². The van der Waals surface area contributed by atoms with Crippen LogP contribution in [0.4, 0.5) is 4.39 Å². The molecule has 0 amide bonds. The summed E-state index contributed by atoms with van der Waals surface area (Å²) in [5.74, 6) is 0.254. The third kappa shape index (κ3) is 1.81. The number of hydrogen-bond acceptors (Lipinski definition) is 2. The highest BCUT2D eigenvalue weighted by Gasteiger charge is 2.45. The van der Waals surface area contributed by atoms with Gasteiger partial charge in [0, 0.05) is 23.1 Å². The van der Waals surface area contributed by atoms with Crippen LogP contribution in [-0.4, -0.2) is 0 Å². The molecule has 3 aromatic carbocycles. The highest BCUT2D eigenvalue weighted by atomic mass is 19.1. The highest BCUT2D eigenvalue weighted by molar-refractivity contribution is 5.76. The van der Waals surface area contributed by atoms with Gasteiger partial charge in [-0.05, 0) is 30.2 Å². The second kappa shape index (κ2) is 4.84. The number of benzene rings is 3. The average Bonchev–Trinajstić information content (AvgIpc) is 2.62. The van der Waals surface area contributed by atoms with E-state index in [9.17, 15) is 4.39 Å². The fourth-order valence-corrected chi connectivity index (χ4v) is 3.72. The molecule has 0 saturated heterocycles. The van der Waals surface area contributed by atoms with Crippen LogP contribution in [0, 0.1) is 5.82 Å². The number of halogens is 1. The molecule has 0 N–H and O–H groups in total. The maximum Gasteiger partial charge on any atom is 0.278 e. The summed E-state index contributed by atoms with van der Waals surface area (Å²) in [7, 11) is 0. The molecule has 2 nitrogen and oxygen atoms in total. The van der Waals surface area contributed by atoms with Crippen LogP contribution in [0.3, 0.4) is 0 Å². The summed E-state index contributed by atoms with van der Waals surface area (Å²) in [5.41, 5.74) is 3.80. The second-order valence-corrected chi connectivity index (χ2v) is 6.22. The molecule has 0 saturated carbocycles. The van der Waals surface area contributed by atoms with Crippen molar-refractivity contribution >= 4 is 0 Å². The fourth-order valence-electron chi connectivity index (χ4n) is 3.72. The van der Waals surface area contributed by atoms with E-state index in [-0.39, 0.29) is 5.82 Å². The van der Waals surface area contributed by atoms with Crippen molar-refractivity contribution in [3.63, 3.8) is 0 Å². The summed E-state index contributed by atoms with van der Waals surface area (Å²) in [4.78, 5) is 0. The predicted molar refractivity (Wildman–Crippen MR) is 89.5 cm³/mol. The summed E-state index contributed by atoms with van der Waals surface area (Å²) in [6, 6.07) is 21.1. The molecule has 0 fully saturated rings. The Bertz CT molecular complexity index is 950. The Morgan fingerprint density at radius 1 is 0.750 bits per heavy atom. The maximum absolute atomic E-state index is 14.0. The SMILES string of the molecule is Fc1cccc2c1CCC1(Oc3ccccc3-c3ccccc31)O2. The van der Waals surface area contributed by atoms with Gasteiger partial charge in [-0.3, -0.25) is 0 Å². The minimum Gasteiger partial charge on any atom is -0.448 e. The first-order chi connectivity index (χ1) is 11.8. The smallest absolute Gasteiger partial charge is 0.278 e. The molecule has 5 rings (SSSR count). The summed E-state index contributed by atoms with van der Waals surface area (Å²) in [6.07, 6.45) is 1.16. The largest absolute Gasteiger partial charge is 0.448 e. The Labute approximate surface area is 139 Å². The quantitative estimate of drug-likeness (QED) is 0.576. The molecule has 2 aliphatic rings. The maximum atomic E-state index is 14.0. The first-order valence-corrected chi connectivity index (χ1v) is 8.11. The Hall–Kier alpha value is -2.81. The zero-order valence-corrected chi connectivity index (χ0v) is 13.0. The molecule has 118 valence electrons. The van der Waals surface area contributed by atoms with Crippen LogP contribution in [0.2, 0.25) is 0 Å². The normalized spacial score (nSPS) is 20.4. The van der Waals surface area contributed by atoms with Gasteiger partial charge < -0.3 is 9.47 Å². The van der Waals surface area contributed by atoms with Gasteiger partial charge in [-0.2, -0.15) is 0 Å². The lowest BCUT2D eigenvalue weighted by molar-refractivity contribution is -0.137. The van der Waals surface area contributed by atoms with E-state index in [0.29, 0.717) is 24.2 Å². The lowest BCUT2D eigenvalue weighted by atomic mass is 9.86. The first kappa shape index (κ1) is 13.6. The monoisotopic (exact) mass is 318 g/mol. The Morgan fingerprint density at radius 2 is 1.46 bits per heavy atom. The van der Waals surface area contributed by atoms with Gasteiger partial charge in [0.1, 0.15) is 17.3 Å². The van der Waals surface area contributed by atoms with Gasteiger partial charge in [0.05, 0.1) is 0 Å². The minimum absolute atomic E-state index is 0.216. The summed E-state index contributed by atoms with van der Waals surface area (Å²) in [6.45, 7) is 0. The molecule has 1 spiro atoms. The number of para-hydroxylation sites is 1. The predicted octanol–water partition coefficient (Wildman–Crippen LogP) is 5.06. The highest BCUT2D eigenvalue weighted by Crippen LogP contribution is 2.50. The second-order valence-electron chi connectivity index (χ2n) is 6.22. The van der Waals surface area contributed by atoms with Gasteiger partial charge in [0.15, 0.2) is 0 Å². The van der Waals surface area contributed by atoms with Crippen LogP contribution in [0.1, 0.15) is 17.5 Å². The van der Waals surface area contributed by atoms with Crippen molar-refractivity contribution < 1.29 is 13.9 Å². The molecule has 24 heavy (non-hydrogen) atoms. The molecule has 2 aliphatic heterocycles. The van der Waals surface area contributed by atoms with E-state index in [1.165, 1.54) is 6.07 Å². The molecule has 1 unspecified atom stereocenters. The van der Waals surface area contributed by atoms with Crippen LogP contribution in [0.25, 0.3) is 11.1 Å². The van der Waals surface area contributed by atoms with Gasteiger partial charge in [0.25, 0.3) is 5.79 Å². The van der Waals surface area contributed by atoms with Gasteiger partial charge in [-0.1, -0.05) is 48.5 Å². The number of hydrogen-bond donors (Lipinski definition) is 0. The van der Waals surface area contributed by atoms with Crippen molar-refractivity contribution in [2.45, 2.75) is 18.6 Å². The molecule has 3 aromatic rings. The molecule has 0 bridgehead atoms. The van der Waals surface area contributed by atoms with Crippen molar-refractivity contribution in [2.75, 3.05) is 0 Å². The topological polar surface area (TPSA) is 18.5 Å². The summed E-state index contributed by atoms with van der Waals surface area (Å²) in [5, 5.41) is 0. The average molecular weight is 318 g/mol. The number of fused-ring (bicyclic) bond motifs is 5. The summed E-state index contributed by atoms with van der Waals surface area (Å²) < 4.78 is 26.6. The number of ether oxygens (including phenoxy) is 2. The van der Waals surface area contributed by atoms with E-state index in [0.717, 1.165) is 22.4 Å². The van der Waals surface area contributed by atoms with E-state index in [1.54, 1.807) is 6.07 Å².